The zero-order valence-corrected chi connectivity index (χ0v) is 12.7. The van der Waals surface area contributed by atoms with Crippen LogP contribution in [0.25, 0.3) is 0 Å². The Kier molecular flexibility index (Phi) is 4.85. The molecule has 0 aliphatic heterocycles. The predicted octanol–water partition coefficient (Wildman–Crippen LogP) is 3.89. The van der Waals surface area contributed by atoms with Gasteiger partial charge in [-0.25, -0.2) is 0 Å². The van der Waals surface area contributed by atoms with Crippen LogP contribution in [0.4, 0.5) is 0 Å². The second-order valence-corrected chi connectivity index (χ2v) is 5.14. The number of benzene rings is 1. The van der Waals surface area contributed by atoms with Crippen molar-refractivity contribution in [2.24, 2.45) is 0 Å². The Morgan fingerprint density at radius 3 is 2.60 bits per heavy atom. The maximum absolute atomic E-state index is 5.89. The molecule has 2 aromatic rings. The summed E-state index contributed by atoms with van der Waals surface area (Å²) in [6.45, 7) is 10.5. The Hall–Kier alpha value is -1.74. The Morgan fingerprint density at radius 2 is 1.85 bits per heavy atom. The highest BCUT2D eigenvalue weighted by Crippen LogP contribution is 2.24. The molecule has 108 valence electrons. The molecule has 0 unspecified atom stereocenters. The van der Waals surface area contributed by atoms with Crippen LogP contribution in [0.15, 0.2) is 28.7 Å². The second kappa shape index (κ2) is 6.62. The fourth-order valence-electron chi connectivity index (χ4n) is 2.14. The Balaban J connectivity index is 2.00. The van der Waals surface area contributed by atoms with Gasteiger partial charge < -0.3 is 14.5 Å². The zero-order valence-electron chi connectivity index (χ0n) is 12.7. The molecule has 0 saturated carbocycles. The first-order chi connectivity index (χ1) is 9.60. The topological polar surface area (TPSA) is 34.4 Å². The van der Waals surface area contributed by atoms with Crippen LogP contribution in [-0.2, 0) is 13.2 Å². The molecular formula is C17H23NO2. The summed E-state index contributed by atoms with van der Waals surface area (Å²) in [6.07, 6.45) is 0. The van der Waals surface area contributed by atoms with E-state index in [1.165, 1.54) is 16.7 Å². The average Bonchev–Trinajstić information content (AvgIpc) is 2.86. The fourth-order valence-corrected chi connectivity index (χ4v) is 2.14. The van der Waals surface area contributed by atoms with Gasteiger partial charge in [0.1, 0.15) is 23.9 Å². The van der Waals surface area contributed by atoms with E-state index in [9.17, 15) is 0 Å². The molecule has 0 aliphatic carbocycles. The predicted molar refractivity (Wildman–Crippen MR) is 81.1 cm³/mol. The second-order valence-electron chi connectivity index (χ2n) is 5.14. The van der Waals surface area contributed by atoms with Crippen molar-refractivity contribution in [2.75, 3.05) is 6.54 Å². The van der Waals surface area contributed by atoms with Gasteiger partial charge in [0, 0.05) is 0 Å². The summed E-state index contributed by atoms with van der Waals surface area (Å²) in [5.41, 5.74) is 3.66. The summed E-state index contributed by atoms with van der Waals surface area (Å²) in [7, 11) is 0. The molecule has 0 amide bonds. The monoisotopic (exact) mass is 273 g/mol. The number of furan rings is 1. The minimum absolute atomic E-state index is 0.468. The van der Waals surface area contributed by atoms with Gasteiger partial charge in [0.25, 0.3) is 0 Å². The van der Waals surface area contributed by atoms with Crippen molar-refractivity contribution in [1.29, 1.82) is 0 Å². The van der Waals surface area contributed by atoms with E-state index in [2.05, 4.69) is 45.1 Å². The quantitative estimate of drug-likeness (QED) is 0.867. The summed E-state index contributed by atoms with van der Waals surface area (Å²) in [5, 5.41) is 3.24. The maximum atomic E-state index is 5.89. The van der Waals surface area contributed by atoms with Gasteiger partial charge in [-0.15, -0.1) is 0 Å². The Morgan fingerprint density at radius 1 is 1.10 bits per heavy atom. The summed E-state index contributed by atoms with van der Waals surface area (Å²) in [6, 6.07) is 8.22. The SMILES string of the molecule is CCNCc1ccc(COc2cc(C)cc(C)c2C)o1. The lowest BCUT2D eigenvalue weighted by Crippen LogP contribution is -2.10. The highest BCUT2D eigenvalue weighted by atomic mass is 16.5. The van der Waals surface area contributed by atoms with E-state index in [4.69, 9.17) is 9.15 Å². The van der Waals surface area contributed by atoms with E-state index in [1.54, 1.807) is 0 Å². The van der Waals surface area contributed by atoms with E-state index in [0.29, 0.717) is 6.61 Å². The van der Waals surface area contributed by atoms with Gasteiger partial charge in [-0.05, 0) is 62.2 Å². The molecule has 0 atom stereocenters. The lowest BCUT2D eigenvalue weighted by molar-refractivity contribution is 0.263. The van der Waals surface area contributed by atoms with Crippen molar-refractivity contribution in [3.05, 3.63) is 52.5 Å². The number of hydrogen-bond donors (Lipinski definition) is 1. The van der Waals surface area contributed by atoms with Gasteiger partial charge in [0.2, 0.25) is 0 Å². The summed E-state index contributed by atoms with van der Waals surface area (Å²) < 4.78 is 11.6. The third-order valence-electron chi connectivity index (χ3n) is 3.40. The van der Waals surface area contributed by atoms with Crippen molar-refractivity contribution in [3.63, 3.8) is 0 Å². The van der Waals surface area contributed by atoms with Crippen molar-refractivity contribution in [3.8, 4) is 5.75 Å². The molecule has 1 aromatic heterocycles. The van der Waals surface area contributed by atoms with E-state index in [0.717, 1.165) is 30.4 Å². The highest BCUT2D eigenvalue weighted by Gasteiger charge is 2.06. The molecule has 0 fully saturated rings. The van der Waals surface area contributed by atoms with Crippen molar-refractivity contribution in [1.82, 2.24) is 5.32 Å². The van der Waals surface area contributed by atoms with Gasteiger partial charge in [-0.3, -0.25) is 0 Å². The standard InChI is InChI=1S/C17H23NO2/c1-5-18-10-15-6-7-16(20-15)11-19-17-9-12(2)8-13(3)14(17)4/h6-9,18H,5,10-11H2,1-4H3. The van der Waals surface area contributed by atoms with Gasteiger partial charge in [-0.1, -0.05) is 13.0 Å². The van der Waals surface area contributed by atoms with Gasteiger partial charge >= 0.3 is 0 Å². The number of nitrogens with one attached hydrogen (secondary N) is 1. The number of hydrogen-bond acceptors (Lipinski definition) is 3. The molecule has 1 aromatic carbocycles. The van der Waals surface area contributed by atoms with Crippen LogP contribution in [0.2, 0.25) is 0 Å². The smallest absolute Gasteiger partial charge is 0.146 e. The number of rotatable bonds is 6. The van der Waals surface area contributed by atoms with E-state index >= 15 is 0 Å². The van der Waals surface area contributed by atoms with Gasteiger partial charge in [-0.2, -0.15) is 0 Å². The molecular weight excluding hydrogens is 250 g/mol. The molecule has 1 N–H and O–H groups in total. The first kappa shape index (κ1) is 14.7. The minimum Gasteiger partial charge on any atom is -0.485 e. The van der Waals surface area contributed by atoms with E-state index in [-0.39, 0.29) is 0 Å². The molecule has 0 saturated heterocycles. The average molecular weight is 273 g/mol. The number of aryl methyl sites for hydroxylation is 2. The molecule has 3 heteroatoms. The summed E-state index contributed by atoms with van der Waals surface area (Å²) in [4.78, 5) is 0. The van der Waals surface area contributed by atoms with Crippen molar-refractivity contribution < 1.29 is 9.15 Å². The lowest BCUT2D eigenvalue weighted by atomic mass is 10.1. The first-order valence-electron chi connectivity index (χ1n) is 7.09. The van der Waals surface area contributed by atoms with Gasteiger partial charge in [0.05, 0.1) is 6.54 Å². The third kappa shape index (κ3) is 3.64. The summed E-state index contributed by atoms with van der Waals surface area (Å²) in [5.74, 6) is 2.74. The molecule has 20 heavy (non-hydrogen) atoms. The molecule has 0 spiro atoms. The third-order valence-corrected chi connectivity index (χ3v) is 3.40. The Bertz CT molecular complexity index is 572. The minimum atomic E-state index is 0.468. The fraction of sp³-hybridized carbons (Fsp3) is 0.412. The first-order valence-corrected chi connectivity index (χ1v) is 7.09. The molecule has 0 bridgehead atoms. The highest BCUT2D eigenvalue weighted by molar-refractivity contribution is 5.41. The lowest BCUT2D eigenvalue weighted by Gasteiger charge is -2.11. The van der Waals surface area contributed by atoms with Crippen LogP contribution in [-0.4, -0.2) is 6.54 Å². The molecule has 1 heterocycles. The Labute approximate surface area is 121 Å². The largest absolute Gasteiger partial charge is 0.485 e. The van der Waals surface area contributed by atoms with Crippen LogP contribution in [0, 0.1) is 20.8 Å². The van der Waals surface area contributed by atoms with Crippen molar-refractivity contribution in [2.45, 2.75) is 40.8 Å². The van der Waals surface area contributed by atoms with E-state index < -0.39 is 0 Å². The number of ether oxygens (including phenoxy) is 1. The van der Waals surface area contributed by atoms with Gasteiger partial charge in [0.15, 0.2) is 0 Å². The normalized spacial score (nSPS) is 10.8. The van der Waals surface area contributed by atoms with Crippen LogP contribution in [0.5, 0.6) is 5.75 Å². The molecule has 0 aliphatic rings. The van der Waals surface area contributed by atoms with Crippen LogP contribution < -0.4 is 10.1 Å². The molecule has 0 radical (unpaired) electrons. The van der Waals surface area contributed by atoms with E-state index in [1.807, 2.05) is 12.1 Å². The van der Waals surface area contributed by atoms with Crippen LogP contribution in [0.3, 0.4) is 0 Å². The van der Waals surface area contributed by atoms with Crippen LogP contribution in [0.1, 0.15) is 35.1 Å². The molecule has 2 rings (SSSR count). The molecule has 3 nitrogen and oxygen atoms in total. The van der Waals surface area contributed by atoms with Crippen molar-refractivity contribution >= 4 is 0 Å². The maximum Gasteiger partial charge on any atom is 0.146 e. The van der Waals surface area contributed by atoms with Crippen LogP contribution >= 0.6 is 0 Å². The summed E-state index contributed by atoms with van der Waals surface area (Å²) >= 11 is 0. The zero-order chi connectivity index (χ0) is 14.5.